The Morgan fingerprint density at radius 3 is 2.64 bits per heavy atom. The van der Waals surface area contributed by atoms with Crippen LogP contribution >= 0.6 is 11.6 Å². The quantitative estimate of drug-likeness (QED) is 0.679. The molecule has 0 bridgehead atoms. The van der Waals surface area contributed by atoms with Gasteiger partial charge in [-0.1, -0.05) is 23.7 Å². The highest BCUT2D eigenvalue weighted by Gasteiger charge is 2.19. The standard InChI is InChI=1S/C17H12ClFN2O/c1-11-9-20-10-21(11)16-7-6-12(18)8-14(16)17(22)13-4-2-3-5-15(13)19/h2-10H,1H3. The van der Waals surface area contributed by atoms with Crippen molar-refractivity contribution in [2.45, 2.75) is 6.92 Å². The van der Waals surface area contributed by atoms with Gasteiger partial charge in [-0.3, -0.25) is 4.79 Å². The van der Waals surface area contributed by atoms with Crippen LogP contribution in [-0.4, -0.2) is 15.3 Å². The van der Waals surface area contributed by atoms with E-state index in [0.717, 1.165) is 5.69 Å². The topological polar surface area (TPSA) is 34.9 Å². The van der Waals surface area contributed by atoms with Crippen LogP contribution in [0.25, 0.3) is 5.69 Å². The molecule has 0 amide bonds. The normalized spacial score (nSPS) is 10.7. The predicted molar refractivity (Wildman–Crippen MR) is 83.1 cm³/mol. The summed E-state index contributed by atoms with van der Waals surface area (Å²) in [6.45, 7) is 1.87. The highest BCUT2D eigenvalue weighted by molar-refractivity contribution is 6.31. The van der Waals surface area contributed by atoms with Crippen molar-refractivity contribution in [1.82, 2.24) is 9.55 Å². The molecular formula is C17H12ClFN2O. The number of aryl methyl sites for hydroxylation is 1. The molecule has 0 saturated heterocycles. The Hall–Kier alpha value is -2.46. The number of halogens is 2. The molecule has 0 radical (unpaired) electrons. The van der Waals surface area contributed by atoms with E-state index in [9.17, 15) is 9.18 Å². The molecule has 0 aliphatic carbocycles. The average Bonchev–Trinajstić information content (AvgIpc) is 2.93. The number of aromatic nitrogens is 2. The lowest BCUT2D eigenvalue weighted by atomic mass is 10.0. The van der Waals surface area contributed by atoms with Crippen molar-refractivity contribution in [3.8, 4) is 5.69 Å². The highest BCUT2D eigenvalue weighted by atomic mass is 35.5. The summed E-state index contributed by atoms with van der Waals surface area (Å²) < 4.78 is 15.7. The number of carbonyl (C=O) groups is 1. The molecule has 0 aliphatic rings. The molecule has 0 spiro atoms. The van der Waals surface area contributed by atoms with Gasteiger partial charge in [0.1, 0.15) is 5.82 Å². The van der Waals surface area contributed by atoms with E-state index in [4.69, 9.17) is 11.6 Å². The highest BCUT2D eigenvalue weighted by Crippen LogP contribution is 2.24. The second-order valence-corrected chi connectivity index (χ2v) is 5.31. The fourth-order valence-corrected chi connectivity index (χ4v) is 2.48. The van der Waals surface area contributed by atoms with E-state index in [-0.39, 0.29) is 5.56 Å². The third kappa shape index (κ3) is 2.53. The molecule has 110 valence electrons. The lowest BCUT2D eigenvalue weighted by molar-refractivity contribution is 0.103. The zero-order valence-electron chi connectivity index (χ0n) is 11.8. The molecule has 0 saturated carbocycles. The zero-order chi connectivity index (χ0) is 15.7. The molecule has 3 rings (SSSR count). The summed E-state index contributed by atoms with van der Waals surface area (Å²) >= 11 is 6.02. The smallest absolute Gasteiger partial charge is 0.198 e. The number of nitrogens with zero attached hydrogens (tertiary/aromatic N) is 2. The summed E-state index contributed by atoms with van der Waals surface area (Å²) in [6.07, 6.45) is 3.29. The van der Waals surface area contributed by atoms with Crippen molar-refractivity contribution in [3.05, 3.63) is 82.6 Å². The van der Waals surface area contributed by atoms with Gasteiger partial charge in [-0.05, 0) is 37.3 Å². The van der Waals surface area contributed by atoms with E-state index in [1.807, 2.05) is 6.92 Å². The third-order valence-corrected chi connectivity index (χ3v) is 3.64. The van der Waals surface area contributed by atoms with Gasteiger partial charge in [0.15, 0.2) is 5.78 Å². The summed E-state index contributed by atoms with van der Waals surface area (Å²) in [5, 5.41) is 0.418. The monoisotopic (exact) mass is 314 g/mol. The molecule has 0 aliphatic heterocycles. The van der Waals surface area contributed by atoms with Crippen LogP contribution in [0.15, 0.2) is 55.0 Å². The van der Waals surface area contributed by atoms with Crippen LogP contribution in [-0.2, 0) is 0 Å². The predicted octanol–water partition coefficient (Wildman–Crippen LogP) is 4.20. The maximum Gasteiger partial charge on any atom is 0.198 e. The fraction of sp³-hybridized carbons (Fsp3) is 0.0588. The molecule has 0 unspecified atom stereocenters. The van der Waals surface area contributed by atoms with Crippen LogP contribution in [0.4, 0.5) is 4.39 Å². The van der Waals surface area contributed by atoms with E-state index in [2.05, 4.69) is 4.98 Å². The minimum absolute atomic E-state index is 0.0174. The lowest BCUT2D eigenvalue weighted by Crippen LogP contribution is -2.09. The lowest BCUT2D eigenvalue weighted by Gasteiger charge is -2.12. The SMILES string of the molecule is Cc1cncn1-c1ccc(Cl)cc1C(=O)c1ccccc1F. The Morgan fingerprint density at radius 2 is 1.95 bits per heavy atom. The Balaban J connectivity index is 2.19. The van der Waals surface area contributed by atoms with E-state index >= 15 is 0 Å². The van der Waals surface area contributed by atoms with Gasteiger partial charge in [0, 0.05) is 22.5 Å². The number of rotatable bonds is 3. The third-order valence-electron chi connectivity index (χ3n) is 3.40. The van der Waals surface area contributed by atoms with Crippen molar-refractivity contribution in [2.24, 2.45) is 0 Å². The van der Waals surface area contributed by atoms with E-state index in [1.54, 1.807) is 47.4 Å². The van der Waals surface area contributed by atoms with Crippen LogP contribution in [0.1, 0.15) is 21.6 Å². The summed E-state index contributed by atoms with van der Waals surface area (Å²) in [6, 6.07) is 10.9. The van der Waals surface area contributed by atoms with Gasteiger partial charge in [0.25, 0.3) is 0 Å². The zero-order valence-corrected chi connectivity index (χ0v) is 12.5. The molecule has 3 nitrogen and oxygen atoms in total. The van der Waals surface area contributed by atoms with Crippen LogP contribution in [0.5, 0.6) is 0 Å². The van der Waals surface area contributed by atoms with Gasteiger partial charge in [0.05, 0.1) is 17.6 Å². The van der Waals surface area contributed by atoms with Crippen LogP contribution < -0.4 is 0 Å². The van der Waals surface area contributed by atoms with Crippen molar-refractivity contribution in [3.63, 3.8) is 0 Å². The maximum atomic E-state index is 13.9. The number of imidazole rings is 1. The first-order valence-corrected chi connectivity index (χ1v) is 7.04. The summed E-state index contributed by atoms with van der Waals surface area (Å²) in [4.78, 5) is 16.8. The first-order chi connectivity index (χ1) is 10.6. The van der Waals surface area contributed by atoms with Crippen molar-refractivity contribution >= 4 is 17.4 Å². The molecule has 22 heavy (non-hydrogen) atoms. The van der Waals surface area contributed by atoms with Gasteiger partial charge in [0.2, 0.25) is 0 Å². The molecular weight excluding hydrogens is 303 g/mol. The second kappa shape index (κ2) is 5.73. The van der Waals surface area contributed by atoms with Crippen LogP contribution in [0, 0.1) is 12.7 Å². The number of hydrogen-bond acceptors (Lipinski definition) is 2. The molecule has 0 atom stereocenters. The summed E-state index contributed by atoms with van der Waals surface area (Å²) in [5.41, 5.74) is 1.83. The van der Waals surface area contributed by atoms with E-state index in [0.29, 0.717) is 16.3 Å². The number of carbonyl (C=O) groups excluding carboxylic acids is 1. The first-order valence-electron chi connectivity index (χ1n) is 6.66. The first kappa shape index (κ1) is 14.5. The Labute approximate surface area is 132 Å². The van der Waals surface area contributed by atoms with Gasteiger partial charge < -0.3 is 4.57 Å². The summed E-state index contributed by atoms with van der Waals surface area (Å²) in [5.74, 6) is -0.968. The molecule has 5 heteroatoms. The van der Waals surface area contributed by atoms with Crippen LogP contribution in [0.2, 0.25) is 5.02 Å². The molecule has 2 aromatic carbocycles. The summed E-state index contributed by atoms with van der Waals surface area (Å²) in [7, 11) is 0. The number of ketones is 1. The Kier molecular flexibility index (Phi) is 3.77. The van der Waals surface area contributed by atoms with Gasteiger partial charge in [-0.2, -0.15) is 0 Å². The van der Waals surface area contributed by atoms with Crippen LogP contribution in [0.3, 0.4) is 0 Å². The molecule has 0 fully saturated rings. The fourth-order valence-electron chi connectivity index (χ4n) is 2.30. The number of benzene rings is 2. The van der Waals surface area contributed by atoms with Crippen molar-refractivity contribution in [2.75, 3.05) is 0 Å². The molecule has 1 heterocycles. The molecule has 3 aromatic rings. The Bertz CT molecular complexity index is 857. The second-order valence-electron chi connectivity index (χ2n) is 4.88. The largest absolute Gasteiger partial charge is 0.303 e. The van der Waals surface area contributed by atoms with Gasteiger partial charge in [-0.25, -0.2) is 9.37 Å². The number of hydrogen-bond donors (Lipinski definition) is 0. The van der Waals surface area contributed by atoms with E-state index in [1.165, 1.54) is 12.1 Å². The molecule has 1 aromatic heterocycles. The average molecular weight is 315 g/mol. The van der Waals surface area contributed by atoms with Gasteiger partial charge in [-0.15, -0.1) is 0 Å². The van der Waals surface area contributed by atoms with Gasteiger partial charge >= 0.3 is 0 Å². The van der Waals surface area contributed by atoms with E-state index < -0.39 is 11.6 Å². The molecule has 0 N–H and O–H groups in total. The Morgan fingerprint density at radius 1 is 1.18 bits per heavy atom. The minimum atomic E-state index is -0.555. The van der Waals surface area contributed by atoms with Crippen molar-refractivity contribution in [1.29, 1.82) is 0 Å². The maximum absolute atomic E-state index is 13.9. The van der Waals surface area contributed by atoms with Crippen molar-refractivity contribution < 1.29 is 9.18 Å². The minimum Gasteiger partial charge on any atom is -0.303 e.